The first-order chi connectivity index (χ1) is 14.4. The molecule has 5 nitrogen and oxygen atoms in total. The normalized spacial score (nSPS) is 28.8. The van der Waals surface area contributed by atoms with Crippen molar-refractivity contribution in [2.75, 3.05) is 13.1 Å². The van der Waals surface area contributed by atoms with Crippen LogP contribution in [0, 0.1) is 11.8 Å². The number of nitrogens with two attached hydrogens (primary N) is 1. The molecule has 0 saturated carbocycles. The van der Waals surface area contributed by atoms with Gasteiger partial charge in [0.25, 0.3) is 0 Å². The molecule has 1 saturated heterocycles. The minimum atomic E-state index is -1.13. The van der Waals surface area contributed by atoms with Gasteiger partial charge in [-0.15, -0.1) is 0 Å². The Labute approximate surface area is 173 Å². The average molecular weight is 418 g/mol. The van der Waals surface area contributed by atoms with Crippen molar-refractivity contribution in [1.29, 1.82) is 0 Å². The van der Waals surface area contributed by atoms with Crippen LogP contribution < -0.4 is 5.73 Å². The van der Waals surface area contributed by atoms with Crippen LogP contribution in [0.1, 0.15) is 42.9 Å². The molecule has 160 valence electrons. The standard InChI is InChI=1S/C22H25F3N4O/c23-15-10-17(25)16(24)8-13(15)14-9-21-27-19-7-12(22(30)28-5-1-2-6-28)3-4-20(19)29(21)11-18(14)26/h7,10,13-14,18H,1-6,8-9,11,26H2/t13?,14-,18?/m1/s1. The van der Waals surface area contributed by atoms with E-state index in [4.69, 9.17) is 10.7 Å². The number of halogens is 3. The van der Waals surface area contributed by atoms with Crippen LogP contribution in [-0.2, 0) is 24.2 Å². The summed E-state index contributed by atoms with van der Waals surface area (Å²) in [6, 6.07) is -0.384. The fourth-order valence-electron chi connectivity index (χ4n) is 5.29. The summed E-state index contributed by atoms with van der Waals surface area (Å²) in [6.45, 7) is 2.08. The Morgan fingerprint density at radius 1 is 1.10 bits per heavy atom. The summed E-state index contributed by atoms with van der Waals surface area (Å²) in [5.41, 5.74) is 8.98. The molecule has 2 unspecified atom stereocenters. The zero-order chi connectivity index (χ0) is 21.0. The average Bonchev–Trinajstić information content (AvgIpc) is 3.37. The van der Waals surface area contributed by atoms with Gasteiger partial charge in [-0.1, -0.05) is 0 Å². The van der Waals surface area contributed by atoms with Crippen LogP contribution in [0.25, 0.3) is 6.08 Å². The number of likely N-dealkylation sites (tertiary alicyclic amines) is 1. The van der Waals surface area contributed by atoms with Crippen molar-refractivity contribution < 1.29 is 18.0 Å². The van der Waals surface area contributed by atoms with Crippen LogP contribution in [0.3, 0.4) is 0 Å². The number of hydrogen-bond acceptors (Lipinski definition) is 3. The number of rotatable bonds is 2. The largest absolute Gasteiger partial charge is 0.339 e. The lowest BCUT2D eigenvalue weighted by Gasteiger charge is -2.36. The topological polar surface area (TPSA) is 64.2 Å². The Kier molecular flexibility index (Phi) is 4.84. The second kappa shape index (κ2) is 7.41. The zero-order valence-electron chi connectivity index (χ0n) is 16.7. The number of nitrogens with zero attached hydrogens (tertiary/aromatic N) is 3. The van der Waals surface area contributed by atoms with Crippen LogP contribution in [0.15, 0.2) is 29.1 Å². The Morgan fingerprint density at radius 2 is 1.87 bits per heavy atom. The highest BCUT2D eigenvalue weighted by atomic mass is 19.2. The van der Waals surface area contributed by atoms with Crippen LogP contribution in [0.4, 0.5) is 13.2 Å². The number of imidazole rings is 1. The number of amides is 1. The highest BCUT2D eigenvalue weighted by Crippen LogP contribution is 2.41. The summed E-state index contributed by atoms with van der Waals surface area (Å²) in [4.78, 5) is 19.4. The summed E-state index contributed by atoms with van der Waals surface area (Å²) in [6.07, 6.45) is 6.10. The first-order valence-electron chi connectivity index (χ1n) is 10.7. The molecule has 5 rings (SSSR count). The molecule has 1 amide bonds. The number of carbonyl (C=O) groups is 1. The van der Waals surface area contributed by atoms with Crippen molar-refractivity contribution in [3.05, 3.63) is 46.3 Å². The van der Waals surface area contributed by atoms with E-state index in [0.29, 0.717) is 31.9 Å². The van der Waals surface area contributed by atoms with E-state index < -0.39 is 23.4 Å². The fourth-order valence-corrected chi connectivity index (χ4v) is 5.29. The molecule has 8 heteroatoms. The minimum absolute atomic E-state index is 0.0948. The first-order valence-corrected chi connectivity index (χ1v) is 10.7. The molecule has 0 aromatic carbocycles. The third-order valence-electron chi connectivity index (χ3n) is 6.95. The van der Waals surface area contributed by atoms with Crippen LogP contribution in [0.2, 0.25) is 0 Å². The third-order valence-corrected chi connectivity index (χ3v) is 6.95. The van der Waals surface area contributed by atoms with Gasteiger partial charge >= 0.3 is 0 Å². The lowest BCUT2D eigenvalue weighted by Crippen LogP contribution is -2.45. The van der Waals surface area contributed by atoms with Gasteiger partial charge in [0.1, 0.15) is 17.5 Å². The van der Waals surface area contributed by atoms with Crippen LogP contribution in [-0.4, -0.2) is 39.5 Å². The molecule has 0 spiro atoms. The number of aromatic nitrogens is 2. The molecule has 0 radical (unpaired) electrons. The predicted octanol–water partition coefficient (Wildman–Crippen LogP) is 3.36. The highest BCUT2D eigenvalue weighted by Gasteiger charge is 2.39. The van der Waals surface area contributed by atoms with Crippen LogP contribution >= 0.6 is 0 Å². The maximum atomic E-state index is 14.4. The number of hydrogen-bond donors (Lipinski definition) is 1. The molecular weight excluding hydrogens is 393 g/mol. The van der Waals surface area contributed by atoms with E-state index in [0.717, 1.165) is 48.7 Å². The van der Waals surface area contributed by atoms with Gasteiger partial charge in [0.05, 0.1) is 5.69 Å². The van der Waals surface area contributed by atoms with Crippen molar-refractivity contribution in [2.45, 2.75) is 51.1 Å². The highest BCUT2D eigenvalue weighted by molar-refractivity contribution is 5.98. The summed E-state index contributed by atoms with van der Waals surface area (Å²) < 4.78 is 43.7. The molecule has 3 atom stereocenters. The molecule has 2 N–H and O–H groups in total. The van der Waals surface area contributed by atoms with Crippen molar-refractivity contribution >= 4 is 12.0 Å². The second-order valence-electron chi connectivity index (χ2n) is 8.76. The number of allylic oxidation sites excluding steroid dienone is 4. The zero-order valence-corrected chi connectivity index (χ0v) is 16.7. The van der Waals surface area contributed by atoms with Gasteiger partial charge < -0.3 is 15.2 Å². The van der Waals surface area contributed by atoms with Gasteiger partial charge in [-0.05, 0) is 37.7 Å². The summed E-state index contributed by atoms with van der Waals surface area (Å²) in [5, 5.41) is 0. The van der Waals surface area contributed by atoms with E-state index in [2.05, 4.69) is 4.57 Å². The Morgan fingerprint density at radius 3 is 2.63 bits per heavy atom. The van der Waals surface area contributed by atoms with E-state index in [9.17, 15) is 18.0 Å². The maximum Gasteiger partial charge on any atom is 0.249 e. The van der Waals surface area contributed by atoms with Gasteiger partial charge in [0, 0.05) is 61.8 Å². The van der Waals surface area contributed by atoms with E-state index in [1.165, 1.54) is 0 Å². The predicted molar refractivity (Wildman–Crippen MR) is 106 cm³/mol. The second-order valence-corrected chi connectivity index (χ2v) is 8.76. The first kappa shape index (κ1) is 19.6. The molecule has 4 aliphatic rings. The number of carbonyl (C=O) groups excluding carboxylic acids is 1. The fraction of sp³-hybridized carbons (Fsp3) is 0.545. The molecule has 2 aliphatic carbocycles. The summed E-state index contributed by atoms with van der Waals surface area (Å²) in [7, 11) is 0. The van der Waals surface area contributed by atoms with Gasteiger partial charge in [-0.3, -0.25) is 4.79 Å². The molecule has 2 aliphatic heterocycles. The quantitative estimate of drug-likeness (QED) is 0.801. The van der Waals surface area contributed by atoms with E-state index >= 15 is 0 Å². The lowest BCUT2D eigenvalue weighted by atomic mass is 9.77. The van der Waals surface area contributed by atoms with Crippen LogP contribution in [0.5, 0.6) is 0 Å². The molecule has 1 aromatic rings. The minimum Gasteiger partial charge on any atom is -0.339 e. The van der Waals surface area contributed by atoms with Crippen molar-refractivity contribution in [2.24, 2.45) is 17.6 Å². The van der Waals surface area contributed by atoms with Gasteiger partial charge in [-0.2, -0.15) is 0 Å². The van der Waals surface area contributed by atoms with E-state index in [1.807, 2.05) is 11.0 Å². The third kappa shape index (κ3) is 3.21. The van der Waals surface area contributed by atoms with Crippen molar-refractivity contribution in [3.8, 4) is 0 Å². The van der Waals surface area contributed by atoms with Crippen molar-refractivity contribution in [1.82, 2.24) is 14.5 Å². The monoisotopic (exact) mass is 418 g/mol. The summed E-state index contributed by atoms with van der Waals surface area (Å²) >= 11 is 0. The molecule has 1 aromatic heterocycles. The van der Waals surface area contributed by atoms with E-state index in [-0.39, 0.29) is 24.3 Å². The molecule has 3 heterocycles. The van der Waals surface area contributed by atoms with Gasteiger partial charge in [0.15, 0.2) is 5.83 Å². The smallest absolute Gasteiger partial charge is 0.249 e. The SMILES string of the molecule is NC1Cn2c(nc3c2CCC(C(=O)N2CCCC2)=C3)C[C@@H]1C1CC(F)=C(F)C=C1F. The Hall–Kier alpha value is -2.35. The molecular formula is C22H25F3N4O. The Balaban J connectivity index is 1.40. The maximum absolute atomic E-state index is 14.4. The van der Waals surface area contributed by atoms with Crippen molar-refractivity contribution in [3.63, 3.8) is 0 Å². The molecule has 1 fully saturated rings. The van der Waals surface area contributed by atoms with Gasteiger partial charge in [-0.25, -0.2) is 18.2 Å². The van der Waals surface area contributed by atoms with Gasteiger partial charge in [0.2, 0.25) is 5.91 Å². The van der Waals surface area contributed by atoms with E-state index in [1.54, 1.807) is 0 Å². The summed E-state index contributed by atoms with van der Waals surface area (Å²) in [5.74, 6) is -2.97. The Bertz CT molecular complexity index is 987. The number of fused-ring (bicyclic) bond motifs is 3. The lowest BCUT2D eigenvalue weighted by molar-refractivity contribution is -0.126. The molecule has 0 bridgehead atoms. The molecule has 30 heavy (non-hydrogen) atoms.